The van der Waals surface area contributed by atoms with Crippen LogP contribution in [0.25, 0.3) is 0 Å². The van der Waals surface area contributed by atoms with Crippen molar-refractivity contribution >= 4 is 23.2 Å². The normalized spacial score (nSPS) is 22.1. The van der Waals surface area contributed by atoms with Crippen molar-refractivity contribution in [3.63, 3.8) is 0 Å². The summed E-state index contributed by atoms with van der Waals surface area (Å²) >= 11 is 1.70. The third-order valence-corrected chi connectivity index (χ3v) is 5.17. The SMILES string of the molecule is O=C(NC1CC1)[C@H]1CCCN(C(=O)CCc2cccs2)C1. The largest absolute Gasteiger partial charge is 0.353 e. The van der Waals surface area contributed by atoms with Gasteiger partial charge in [0.15, 0.2) is 0 Å². The second-order valence-corrected chi connectivity index (χ2v) is 7.07. The van der Waals surface area contributed by atoms with E-state index in [1.165, 1.54) is 4.88 Å². The van der Waals surface area contributed by atoms with Crippen molar-refractivity contribution < 1.29 is 9.59 Å². The van der Waals surface area contributed by atoms with Crippen LogP contribution in [0.3, 0.4) is 0 Å². The number of likely N-dealkylation sites (tertiary alicyclic amines) is 1. The van der Waals surface area contributed by atoms with E-state index in [-0.39, 0.29) is 17.7 Å². The van der Waals surface area contributed by atoms with Crippen molar-refractivity contribution in [2.24, 2.45) is 5.92 Å². The summed E-state index contributed by atoms with van der Waals surface area (Å²) in [5.74, 6) is 0.325. The highest BCUT2D eigenvalue weighted by atomic mass is 32.1. The molecule has 3 rings (SSSR count). The van der Waals surface area contributed by atoms with Crippen LogP contribution in [0.4, 0.5) is 0 Å². The maximum absolute atomic E-state index is 12.3. The summed E-state index contributed by atoms with van der Waals surface area (Å²) in [6.45, 7) is 1.40. The van der Waals surface area contributed by atoms with E-state index in [9.17, 15) is 9.59 Å². The topological polar surface area (TPSA) is 49.4 Å². The Balaban J connectivity index is 1.47. The molecule has 0 spiro atoms. The number of amides is 2. The van der Waals surface area contributed by atoms with Crippen LogP contribution >= 0.6 is 11.3 Å². The van der Waals surface area contributed by atoms with E-state index >= 15 is 0 Å². The van der Waals surface area contributed by atoms with Crippen molar-refractivity contribution in [2.75, 3.05) is 13.1 Å². The number of nitrogens with zero attached hydrogens (tertiary/aromatic N) is 1. The summed E-state index contributed by atoms with van der Waals surface area (Å²) in [6, 6.07) is 4.49. The minimum absolute atomic E-state index is 0.00922. The number of carbonyl (C=O) groups excluding carboxylic acids is 2. The predicted molar refractivity (Wildman–Crippen MR) is 83.1 cm³/mol. The van der Waals surface area contributed by atoms with Crippen LogP contribution in [0.2, 0.25) is 0 Å². The molecule has 21 heavy (non-hydrogen) atoms. The van der Waals surface area contributed by atoms with E-state index in [1.54, 1.807) is 11.3 Å². The average molecular weight is 306 g/mol. The molecule has 2 fully saturated rings. The zero-order valence-corrected chi connectivity index (χ0v) is 13.0. The molecule has 1 aromatic rings. The average Bonchev–Trinajstić information content (AvgIpc) is 3.16. The number of thiophene rings is 1. The minimum Gasteiger partial charge on any atom is -0.353 e. The molecular weight excluding hydrogens is 284 g/mol. The van der Waals surface area contributed by atoms with Gasteiger partial charge in [-0.15, -0.1) is 11.3 Å². The molecule has 0 unspecified atom stereocenters. The van der Waals surface area contributed by atoms with Gasteiger partial charge in [0.25, 0.3) is 0 Å². The molecule has 2 heterocycles. The molecule has 5 heteroatoms. The predicted octanol–water partition coefficient (Wildman–Crippen LogP) is 2.20. The van der Waals surface area contributed by atoms with Crippen LogP contribution < -0.4 is 5.32 Å². The van der Waals surface area contributed by atoms with Crippen LogP contribution in [0.5, 0.6) is 0 Å². The monoisotopic (exact) mass is 306 g/mol. The Morgan fingerprint density at radius 1 is 1.33 bits per heavy atom. The Labute approximate surface area is 129 Å². The summed E-state index contributed by atoms with van der Waals surface area (Å²) in [7, 11) is 0. The molecule has 1 saturated heterocycles. The van der Waals surface area contributed by atoms with E-state index in [0.717, 1.165) is 38.6 Å². The van der Waals surface area contributed by atoms with Gasteiger partial charge >= 0.3 is 0 Å². The van der Waals surface area contributed by atoms with E-state index in [1.807, 2.05) is 16.3 Å². The van der Waals surface area contributed by atoms with E-state index < -0.39 is 0 Å². The van der Waals surface area contributed by atoms with Gasteiger partial charge < -0.3 is 10.2 Å². The van der Waals surface area contributed by atoms with Gasteiger partial charge in [0.1, 0.15) is 0 Å². The van der Waals surface area contributed by atoms with Gasteiger partial charge in [0.2, 0.25) is 11.8 Å². The zero-order valence-electron chi connectivity index (χ0n) is 12.2. The molecule has 114 valence electrons. The third kappa shape index (κ3) is 4.06. The number of nitrogens with one attached hydrogen (secondary N) is 1. The Bertz CT molecular complexity index is 496. The summed E-state index contributed by atoms with van der Waals surface area (Å²) in [5.41, 5.74) is 0. The molecule has 1 atom stereocenters. The lowest BCUT2D eigenvalue weighted by Gasteiger charge is -2.32. The maximum Gasteiger partial charge on any atom is 0.225 e. The van der Waals surface area contributed by atoms with Gasteiger partial charge in [-0.25, -0.2) is 0 Å². The van der Waals surface area contributed by atoms with E-state index in [4.69, 9.17) is 0 Å². The highest BCUT2D eigenvalue weighted by Gasteiger charge is 2.31. The van der Waals surface area contributed by atoms with Gasteiger partial charge in [0.05, 0.1) is 5.92 Å². The first kappa shape index (κ1) is 14.6. The Hall–Kier alpha value is -1.36. The molecular formula is C16H22N2O2S. The van der Waals surface area contributed by atoms with Gasteiger partial charge in [-0.3, -0.25) is 9.59 Å². The Morgan fingerprint density at radius 2 is 2.19 bits per heavy atom. The number of rotatable bonds is 5. The van der Waals surface area contributed by atoms with Gasteiger partial charge in [-0.05, 0) is 43.6 Å². The fraction of sp³-hybridized carbons (Fsp3) is 0.625. The quantitative estimate of drug-likeness (QED) is 0.906. The molecule has 0 aromatic carbocycles. The maximum atomic E-state index is 12.3. The minimum atomic E-state index is -0.00922. The molecule has 1 aromatic heterocycles. The molecule has 2 aliphatic rings. The van der Waals surface area contributed by atoms with Crippen LogP contribution in [0.1, 0.15) is 37.0 Å². The number of hydrogen-bond donors (Lipinski definition) is 1. The zero-order chi connectivity index (χ0) is 14.7. The van der Waals surface area contributed by atoms with Crippen LogP contribution in [0.15, 0.2) is 17.5 Å². The molecule has 2 amide bonds. The van der Waals surface area contributed by atoms with E-state index in [0.29, 0.717) is 19.0 Å². The third-order valence-electron chi connectivity index (χ3n) is 4.23. The summed E-state index contributed by atoms with van der Waals surface area (Å²) < 4.78 is 0. The first-order valence-electron chi connectivity index (χ1n) is 7.83. The highest BCUT2D eigenvalue weighted by Crippen LogP contribution is 2.22. The fourth-order valence-electron chi connectivity index (χ4n) is 2.81. The lowest BCUT2D eigenvalue weighted by Crippen LogP contribution is -2.45. The second kappa shape index (κ2) is 6.60. The molecule has 4 nitrogen and oxygen atoms in total. The number of hydrogen-bond acceptors (Lipinski definition) is 3. The summed E-state index contributed by atoms with van der Waals surface area (Å²) in [5, 5.41) is 5.10. The number of aryl methyl sites for hydroxylation is 1. The van der Waals surface area contributed by atoms with Crippen molar-refractivity contribution in [1.29, 1.82) is 0 Å². The molecule has 0 bridgehead atoms. The van der Waals surface area contributed by atoms with Gasteiger partial charge in [-0.2, -0.15) is 0 Å². The van der Waals surface area contributed by atoms with Crippen molar-refractivity contribution in [1.82, 2.24) is 10.2 Å². The number of piperidine rings is 1. The first-order chi connectivity index (χ1) is 10.2. The van der Waals surface area contributed by atoms with Gasteiger partial charge in [-0.1, -0.05) is 6.07 Å². The fourth-order valence-corrected chi connectivity index (χ4v) is 3.52. The Morgan fingerprint density at radius 3 is 2.90 bits per heavy atom. The smallest absolute Gasteiger partial charge is 0.225 e. The van der Waals surface area contributed by atoms with Crippen molar-refractivity contribution in [3.05, 3.63) is 22.4 Å². The molecule has 1 aliphatic carbocycles. The highest BCUT2D eigenvalue weighted by molar-refractivity contribution is 7.09. The summed E-state index contributed by atoms with van der Waals surface area (Å²) in [6.07, 6.45) is 5.44. The lowest BCUT2D eigenvalue weighted by atomic mass is 9.96. The van der Waals surface area contributed by atoms with Crippen LogP contribution in [-0.4, -0.2) is 35.8 Å². The molecule has 1 saturated carbocycles. The Kier molecular flexibility index (Phi) is 4.58. The second-order valence-electron chi connectivity index (χ2n) is 6.04. The van der Waals surface area contributed by atoms with Crippen molar-refractivity contribution in [3.8, 4) is 0 Å². The van der Waals surface area contributed by atoms with Crippen LogP contribution in [0, 0.1) is 5.92 Å². The number of carbonyl (C=O) groups is 2. The van der Waals surface area contributed by atoms with Crippen molar-refractivity contribution in [2.45, 2.75) is 44.6 Å². The molecule has 1 N–H and O–H groups in total. The van der Waals surface area contributed by atoms with Gasteiger partial charge in [0, 0.05) is 30.4 Å². The lowest BCUT2D eigenvalue weighted by molar-refractivity contribution is -0.135. The van der Waals surface area contributed by atoms with Crippen LogP contribution in [-0.2, 0) is 16.0 Å². The standard InChI is InChI=1S/C16H22N2O2S/c19-15(8-7-14-4-2-10-21-14)18-9-1-3-12(11-18)16(20)17-13-5-6-13/h2,4,10,12-13H,1,3,5-9,11H2,(H,17,20)/t12-/m0/s1. The molecule has 1 aliphatic heterocycles. The first-order valence-corrected chi connectivity index (χ1v) is 8.71. The summed E-state index contributed by atoms with van der Waals surface area (Å²) in [4.78, 5) is 27.5. The van der Waals surface area contributed by atoms with E-state index in [2.05, 4.69) is 11.4 Å². The molecule has 0 radical (unpaired) electrons.